The van der Waals surface area contributed by atoms with E-state index in [2.05, 4.69) is 10.6 Å². The Morgan fingerprint density at radius 1 is 0.885 bits per heavy atom. The van der Waals surface area contributed by atoms with Crippen LogP contribution in [0.1, 0.15) is 41.6 Å². The first kappa shape index (κ1) is 19.5. The Bertz CT molecular complexity index is 684. The molecule has 5 heteroatoms. The lowest BCUT2D eigenvalue weighted by atomic mass is 10.1. The molecule has 2 rings (SSSR count). The van der Waals surface area contributed by atoms with Gasteiger partial charge in [0, 0.05) is 25.1 Å². The minimum absolute atomic E-state index is 0.0501. The molecule has 0 aliphatic rings. The second kappa shape index (κ2) is 10.9. The fourth-order valence-electron chi connectivity index (χ4n) is 2.51. The summed E-state index contributed by atoms with van der Waals surface area (Å²) in [6, 6.07) is 16.8. The summed E-state index contributed by atoms with van der Waals surface area (Å²) >= 11 is 0. The Morgan fingerprint density at radius 2 is 1.62 bits per heavy atom. The van der Waals surface area contributed by atoms with Crippen molar-refractivity contribution >= 4 is 11.8 Å². The maximum atomic E-state index is 11.9. The fraction of sp³-hybridized carbons (Fsp3) is 0.333. The molecule has 0 heterocycles. The summed E-state index contributed by atoms with van der Waals surface area (Å²) in [5, 5.41) is 5.81. The Balaban J connectivity index is 1.52. The quantitative estimate of drug-likeness (QED) is 0.643. The topological polar surface area (TPSA) is 67.4 Å². The van der Waals surface area contributed by atoms with Gasteiger partial charge in [0.15, 0.2) is 0 Å². The van der Waals surface area contributed by atoms with Crippen LogP contribution in [0.3, 0.4) is 0 Å². The third kappa shape index (κ3) is 6.97. The highest BCUT2D eigenvalue weighted by atomic mass is 16.5. The monoisotopic (exact) mass is 354 g/mol. The van der Waals surface area contributed by atoms with Crippen molar-refractivity contribution in [2.45, 2.75) is 32.2 Å². The van der Waals surface area contributed by atoms with Gasteiger partial charge in [-0.15, -0.1) is 0 Å². The minimum atomic E-state index is -0.0529. The molecule has 2 aromatic carbocycles. The Kier molecular flexibility index (Phi) is 8.19. The van der Waals surface area contributed by atoms with Crippen LogP contribution < -0.4 is 15.4 Å². The molecular weight excluding hydrogens is 328 g/mol. The van der Waals surface area contributed by atoms with Gasteiger partial charge in [-0.2, -0.15) is 0 Å². The van der Waals surface area contributed by atoms with Crippen LogP contribution in [-0.2, 0) is 11.3 Å². The van der Waals surface area contributed by atoms with Crippen molar-refractivity contribution in [2.75, 3.05) is 13.7 Å². The molecule has 0 radical (unpaired) electrons. The summed E-state index contributed by atoms with van der Waals surface area (Å²) < 4.78 is 5.11. The summed E-state index contributed by atoms with van der Waals surface area (Å²) in [5.41, 5.74) is 1.72. The van der Waals surface area contributed by atoms with Crippen molar-refractivity contribution in [1.82, 2.24) is 10.6 Å². The molecule has 0 aliphatic carbocycles. The van der Waals surface area contributed by atoms with E-state index < -0.39 is 0 Å². The summed E-state index contributed by atoms with van der Waals surface area (Å²) in [6.45, 7) is 1.15. The van der Waals surface area contributed by atoms with E-state index in [4.69, 9.17) is 4.74 Å². The van der Waals surface area contributed by atoms with Crippen molar-refractivity contribution in [1.29, 1.82) is 0 Å². The van der Waals surface area contributed by atoms with Gasteiger partial charge in [-0.3, -0.25) is 9.59 Å². The average Bonchev–Trinajstić information content (AvgIpc) is 2.69. The van der Waals surface area contributed by atoms with E-state index in [1.165, 1.54) is 0 Å². The highest BCUT2D eigenvalue weighted by Crippen LogP contribution is 2.11. The maximum Gasteiger partial charge on any atom is 0.251 e. The van der Waals surface area contributed by atoms with Crippen molar-refractivity contribution < 1.29 is 14.3 Å². The number of benzene rings is 2. The molecule has 0 bridgehead atoms. The lowest BCUT2D eigenvalue weighted by molar-refractivity contribution is -0.121. The summed E-state index contributed by atoms with van der Waals surface area (Å²) in [5.74, 6) is 0.802. The van der Waals surface area contributed by atoms with Crippen LogP contribution in [0.2, 0.25) is 0 Å². The number of unbranched alkanes of at least 4 members (excludes halogenated alkanes) is 2. The second-order valence-corrected chi connectivity index (χ2v) is 6.06. The van der Waals surface area contributed by atoms with Crippen molar-refractivity contribution in [3.05, 3.63) is 65.7 Å². The van der Waals surface area contributed by atoms with Crippen LogP contribution >= 0.6 is 0 Å². The van der Waals surface area contributed by atoms with E-state index in [-0.39, 0.29) is 11.8 Å². The number of rotatable bonds is 10. The highest BCUT2D eigenvalue weighted by molar-refractivity contribution is 5.94. The molecule has 26 heavy (non-hydrogen) atoms. The number of carbonyl (C=O) groups excluding carboxylic acids is 2. The molecule has 0 spiro atoms. The maximum absolute atomic E-state index is 11.9. The standard InChI is InChI=1S/C21H26N2O3/c1-26-19-13-11-17(12-14-19)16-23-20(24)10-6-3-7-15-22-21(25)18-8-4-2-5-9-18/h2,4-5,8-9,11-14H,3,6-7,10,15-16H2,1H3,(H,22,25)(H,23,24). The van der Waals surface area contributed by atoms with Gasteiger partial charge < -0.3 is 15.4 Å². The molecule has 0 atom stereocenters. The zero-order chi connectivity index (χ0) is 18.6. The first-order chi connectivity index (χ1) is 12.7. The smallest absolute Gasteiger partial charge is 0.251 e. The highest BCUT2D eigenvalue weighted by Gasteiger charge is 2.04. The Labute approximate surface area is 154 Å². The Morgan fingerprint density at radius 3 is 2.31 bits per heavy atom. The van der Waals surface area contributed by atoms with E-state index >= 15 is 0 Å². The number of hydrogen-bond acceptors (Lipinski definition) is 3. The third-order valence-corrected chi connectivity index (χ3v) is 4.05. The van der Waals surface area contributed by atoms with Gasteiger partial charge in [0.2, 0.25) is 5.91 Å². The molecule has 0 saturated heterocycles. The average molecular weight is 354 g/mol. The van der Waals surface area contributed by atoms with E-state index in [0.717, 1.165) is 30.6 Å². The molecule has 0 aliphatic heterocycles. The van der Waals surface area contributed by atoms with E-state index in [1.54, 1.807) is 19.2 Å². The molecule has 2 N–H and O–H groups in total. The number of carbonyl (C=O) groups is 2. The van der Waals surface area contributed by atoms with Gasteiger partial charge >= 0.3 is 0 Å². The molecule has 2 aromatic rings. The molecule has 2 amide bonds. The summed E-state index contributed by atoms with van der Waals surface area (Å²) in [6.07, 6.45) is 3.09. The predicted molar refractivity (Wildman–Crippen MR) is 102 cm³/mol. The lowest BCUT2D eigenvalue weighted by Gasteiger charge is -2.07. The fourth-order valence-corrected chi connectivity index (χ4v) is 2.51. The van der Waals surface area contributed by atoms with Gasteiger partial charge in [0.05, 0.1) is 7.11 Å². The number of nitrogens with one attached hydrogen (secondary N) is 2. The van der Waals surface area contributed by atoms with E-state index in [1.807, 2.05) is 42.5 Å². The summed E-state index contributed by atoms with van der Waals surface area (Å²) in [7, 11) is 1.63. The van der Waals surface area contributed by atoms with Gasteiger partial charge in [-0.1, -0.05) is 36.8 Å². The molecule has 0 aromatic heterocycles. The molecule has 138 valence electrons. The number of methoxy groups -OCH3 is 1. The van der Waals surface area contributed by atoms with Gasteiger partial charge in [-0.25, -0.2) is 0 Å². The first-order valence-electron chi connectivity index (χ1n) is 8.92. The summed E-state index contributed by atoms with van der Waals surface area (Å²) in [4.78, 5) is 23.7. The van der Waals surface area contributed by atoms with Crippen molar-refractivity contribution in [2.24, 2.45) is 0 Å². The third-order valence-electron chi connectivity index (χ3n) is 4.05. The van der Waals surface area contributed by atoms with Gasteiger partial charge in [-0.05, 0) is 42.7 Å². The van der Waals surface area contributed by atoms with Gasteiger partial charge in [0.25, 0.3) is 5.91 Å². The zero-order valence-electron chi connectivity index (χ0n) is 15.2. The second-order valence-electron chi connectivity index (χ2n) is 6.06. The Hall–Kier alpha value is -2.82. The number of amides is 2. The van der Waals surface area contributed by atoms with Crippen LogP contribution in [0.15, 0.2) is 54.6 Å². The van der Waals surface area contributed by atoms with Crippen LogP contribution in [0, 0.1) is 0 Å². The molecule has 0 saturated carbocycles. The van der Waals surface area contributed by atoms with Crippen LogP contribution in [0.5, 0.6) is 5.75 Å². The van der Waals surface area contributed by atoms with Gasteiger partial charge in [0.1, 0.15) is 5.75 Å². The molecular formula is C21H26N2O3. The van der Waals surface area contributed by atoms with Crippen LogP contribution in [0.25, 0.3) is 0 Å². The largest absolute Gasteiger partial charge is 0.497 e. The predicted octanol–water partition coefficient (Wildman–Crippen LogP) is 3.30. The molecule has 0 fully saturated rings. The van der Waals surface area contributed by atoms with Crippen LogP contribution in [0.4, 0.5) is 0 Å². The van der Waals surface area contributed by atoms with Crippen molar-refractivity contribution in [3.63, 3.8) is 0 Å². The van der Waals surface area contributed by atoms with E-state index in [9.17, 15) is 9.59 Å². The van der Waals surface area contributed by atoms with Crippen LogP contribution in [-0.4, -0.2) is 25.5 Å². The SMILES string of the molecule is COc1ccc(CNC(=O)CCCCCNC(=O)c2ccccc2)cc1. The van der Waals surface area contributed by atoms with Crippen molar-refractivity contribution in [3.8, 4) is 5.75 Å². The minimum Gasteiger partial charge on any atom is -0.497 e. The first-order valence-corrected chi connectivity index (χ1v) is 8.92. The van der Waals surface area contributed by atoms with E-state index in [0.29, 0.717) is 25.1 Å². The molecule has 0 unspecified atom stereocenters. The molecule has 5 nitrogen and oxygen atoms in total. The normalized spacial score (nSPS) is 10.2. The lowest BCUT2D eigenvalue weighted by Crippen LogP contribution is -2.24. The number of hydrogen-bond donors (Lipinski definition) is 2. The zero-order valence-corrected chi connectivity index (χ0v) is 15.2. The number of ether oxygens (including phenoxy) is 1.